The molecule has 4 rings (SSSR count). The number of pyridine rings is 1. The van der Waals surface area contributed by atoms with Crippen LogP contribution in [0.3, 0.4) is 0 Å². The summed E-state index contributed by atoms with van der Waals surface area (Å²) in [6.07, 6.45) is 4.96. The van der Waals surface area contributed by atoms with Crippen molar-refractivity contribution >= 4 is 10.0 Å². The number of hydrogen-bond acceptors (Lipinski definition) is 5. The summed E-state index contributed by atoms with van der Waals surface area (Å²) in [6, 6.07) is 5.80. The van der Waals surface area contributed by atoms with Gasteiger partial charge in [-0.1, -0.05) is 0 Å². The Morgan fingerprint density at radius 1 is 1.21 bits per heavy atom. The first-order valence-corrected chi connectivity index (χ1v) is 10.4. The van der Waals surface area contributed by atoms with Crippen LogP contribution in [0.2, 0.25) is 0 Å². The molecule has 29 heavy (non-hydrogen) atoms. The monoisotopic (exact) mass is 421 g/mol. The van der Waals surface area contributed by atoms with Crippen LogP contribution >= 0.6 is 0 Å². The maximum atomic E-state index is 13.8. The van der Waals surface area contributed by atoms with Crippen LogP contribution in [-0.4, -0.2) is 34.3 Å². The van der Waals surface area contributed by atoms with Crippen molar-refractivity contribution in [2.24, 2.45) is 0 Å². The standard InChI is InChI=1S/C18H17F2N5O3S/c19-13-3-6-16(15(20)10-13)29(27,28)22-8-9-24-18(26)25(14-4-5-14)17(23-24)12-2-1-7-21-11-12/h1-3,6-7,10-11,14,22H,4-5,8-9H2. The molecule has 1 aliphatic rings. The van der Waals surface area contributed by atoms with E-state index in [1.54, 1.807) is 29.1 Å². The second-order valence-electron chi connectivity index (χ2n) is 6.64. The molecule has 2 aromatic heterocycles. The van der Waals surface area contributed by atoms with E-state index in [-0.39, 0.29) is 24.8 Å². The van der Waals surface area contributed by atoms with E-state index in [4.69, 9.17) is 0 Å². The van der Waals surface area contributed by atoms with Crippen molar-refractivity contribution in [3.63, 3.8) is 0 Å². The van der Waals surface area contributed by atoms with Gasteiger partial charge in [0, 0.05) is 36.6 Å². The maximum absolute atomic E-state index is 13.8. The first-order chi connectivity index (χ1) is 13.9. The third kappa shape index (κ3) is 3.96. The lowest BCUT2D eigenvalue weighted by Crippen LogP contribution is -2.32. The quantitative estimate of drug-likeness (QED) is 0.626. The third-order valence-electron chi connectivity index (χ3n) is 4.50. The SMILES string of the molecule is O=c1n(CCNS(=O)(=O)c2ccc(F)cc2F)nc(-c2cccnc2)n1C1CC1. The van der Waals surface area contributed by atoms with Gasteiger partial charge in [-0.2, -0.15) is 0 Å². The predicted molar refractivity (Wildman–Crippen MR) is 99.5 cm³/mol. The molecule has 3 aromatic rings. The van der Waals surface area contributed by atoms with Gasteiger partial charge in [0.25, 0.3) is 0 Å². The van der Waals surface area contributed by atoms with Crippen molar-refractivity contribution < 1.29 is 17.2 Å². The molecule has 0 unspecified atom stereocenters. The number of aromatic nitrogens is 4. The van der Waals surface area contributed by atoms with Crippen LogP contribution in [0.25, 0.3) is 11.4 Å². The second-order valence-corrected chi connectivity index (χ2v) is 8.38. The summed E-state index contributed by atoms with van der Waals surface area (Å²) < 4.78 is 56.2. The Morgan fingerprint density at radius 2 is 2.00 bits per heavy atom. The van der Waals surface area contributed by atoms with E-state index in [9.17, 15) is 22.0 Å². The molecular weight excluding hydrogens is 404 g/mol. The van der Waals surface area contributed by atoms with Crippen molar-refractivity contribution in [3.8, 4) is 11.4 Å². The van der Waals surface area contributed by atoms with E-state index < -0.39 is 26.6 Å². The molecule has 0 spiro atoms. The first kappa shape index (κ1) is 19.4. The summed E-state index contributed by atoms with van der Waals surface area (Å²) in [5, 5.41) is 4.33. The molecule has 0 bridgehead atoms. The number of halogens is 2. The highest BCUT2D eigenvalue weighted by Crippen LogP contribution is 2.36. The largest absolute Gasteiger partial charge is 0.346 e. The highest BCUT2D eigenvalue weighted by molar-refractivity contribution is 7.89. The molecule has 1 fully saturated rings. The van der Waals surface area contributed by atoms with Crippen LogP contribution in [0, 0.1) is 11.6 Å². The van der Waals surface area contributed by atoms with Gasteiger partial charge in [-0.3, -0.25) is 9.55 Å². The number of rotatable bonds is 7. The van der Waals surface area contributed by atoms with E-state index in [1.807, 2.05) is 0 Å². The van der Waals surface area contributed by atoms with Gasteiger partial charge in [0.15, 0.2) is 5.82 Å². The molecule has 1 saturated carbocycles. The smallest absolute Gasteiger partial charge is 0.272 e. The molecule has 0 radical (unpaired) electrons. The summed E-state index contributed by atoms with van der Waals surface area (Å²) in [5.74, 6) is -1.59. The van der Waals surface area contributed by atoms with Crippen molar-refractivity contribution in [2.45, 2.75) is 30.3 Å². The number of nitrogens with zero attached hydrogens (tertiary/aromatic N) is 4. The normalized spacial score (nSPS) is 14.3. The fourth-order valence-corrected chi connectivity index (χ4v) is 4.05. The van der Waals surface area contributed by atoms with E-state index in [1.165, 1.54) is 4.68 Å². The Bertz CT molecular complexity index is 1200. The Hall–Kier alpha value is -2.92. The number of nitrogens with one attached hydrogen (secondary N) is 1. The fraction of sp³-hybridized carbons (Fsp3) is 0.278. The Balaban J connectivity index is 1.54. The van der Waals surface area contributed by atoms with Crippen LogP contribution in [0.5, 0.6) is 0 Å². The predicted octanol–water partition coefficient (Wildman–Crippen LogP) is 1.70. The number of sulfonamides is 1. The molecule has 1 aromatic carbocycles. The second kappa shape index (κ2) is 7.48. The lowest BCUT2D eigenvalue weighted by atomic mass is 10.3. The molecule has 2 heterocycles. The fourth-order valence-electron chi connectivity index (χ4n) is 2.98. The van der Waals surface area contributed by atoms with Crippen molar-refractivity contribution in [1.82, 2.24) is 24.1 Å². The Labute approximate surface area is 164 Å². The van der Waals surface area contributed by atoms with Gasteiger partial charge in [-0.05, 0) is 37.1 Å². The maximum Gasteiger partial charge on any atom is 0.346 e. The summed E-state index contributed by atoms with van der Waals surface area (Å²) in [4.78, 5) is 16.1. The molecule has 1 aliphatic carbocycles. The van der Waals surface area contributed by atoms with Gasteiger partial charge in [-0.15, -0.1) is 5.10 Å². The average molecular weight is 421 g/mol. The van der Waals surface area contributed by atoms with Gasteiger partial charge in [0.2, 0.25) is 10.0 Å². The molecule has 11 heteroatoms. The minimum atomic E-state index is -4.20. The van der Waals surface area contributed by atoms with Gasteiger partial charge < -0.3 is 0 Å². The molecule has 152 valence electrons. The van der Waals surface area contributed by atoms with Crippen molar-refractivity contribution in [1.29, 1.82) is 0 Å². The Morgan fingerprint density at radius 3 is 2.66 bits per heavy atom. The van der Waals surface area contributed by atoms with E-state index in [2.05, 4.69) is 14.8 Å². The average Bonchev–Trinajstić information content (AvgIpc) is 3.46. The van der Waals surface area contributed by atoms with E-state index >= 15 is 0 Å². The lowest BCUT2D eigenvalue weighted by Gasteiger charge is -2.07. The van der Waals surface area contributed by atoms with Crippen molar-refractivity contribution in [3.05, 3.63) is 64.8 Å². The topological polar surface area (TPSA) is 98.9 Å². The van der Waals surface area contributed by atoms with Crippen LogP contribution in [0.15, 0.2) is 52.4 Å². The van der Waals surface area contributed by atoms with E-state index in [0.29, 0.717) is 17.5 Å². The highest BCUT2D eigenvalue weighted by Gasteiger charge is 2.30. The highest BCUT2D eigenvalue weighted by atomic mass is 32.2. The number of hydrogen-bond donors (Lipinski definition) is 1. The molecule has 0 saturated heterocycles. The molecule has 8 nitrogen and oxygen atoms in total. The zero-order chi connectivity index (χ0) is 20.6. The van der Waals surface area contributed by atoms with Crippen LogP contribution < -0.4 is 10.4 Å². The van der Waals surface area contributed by atoms with Gasteiger partial charge in [-0.25, -0.2) is 31.4 Å². The van der Waals surface area contributed by atoms with Crippen LogP contribution in [-0.2, 0) is 16.6 Å². The minimum absolute atomic E-state index is 0.0478. The van der Waals surface area contributed by atoms with Gasteiger partial charge >= 0.3 is 5.69 Å². The summed E-state index contributed by atoms with van der Waals surface area (Å²) in [5.41, 5.74) is 0.336. The van der Waals surface area contributed by atoms with Gasteiger partial charge in [0.1, 0.15) is 16.5 Å². The molecule has 0 atom stereocenters. The molecular formula is C18H17F2N5O3S. The summed E-state index contributed by atoms with van der Waals surface area (Å²) >= 11 is 0. The zero-order valence-corrected chi connectivity index (χ0v) is 15.9. The summed E-state index contributed by atoms with van der Waals surface area (Å²) in [6.45, 7) is -0.235. The summed E-state index contributed by atoms with van der Waals surface area (Å²) in [7, 11) is -4.20. The third-order valence-corrected chi connectivity index (χ3v) is 6.00. The Kier molecular flexibility index (Phi) is 5.01. The molecule has 0 aliphatic heterocycles. The molecule has 0 amide bonds. The van der Waals surface area contributed by atoms with Crippen LogP contribution in [0.4, 0.5) is 8.78 Å². The molecule has 1 N–H and O–H groups in total. The first-order valence-electron chi connectivity index (χ1n) is 8.91. The van der Waals surface area contributed by atoms with Crippen LogP contribution in [0.1, 0.15) is 18.9 Å². The zero-order valence-electron chi connectivity index (χ0n) is 15.1. The van der Waals surface area contributed by atoms with Crippen molar-refractivity contribution in [2.75, 3.05) is 6.54 Å². The number of benzene rings is 1. The lowest BCUT2D eigenvalue weighted by molar-refractivity contribution is 0.531. The minimum Gasteiger partial charge on any atom is -0.272 e. The van der Waals surface area contributed by atoms with Gasteiger partial charge in [0.05, 0.1) is 6.54 Å². The van der Waals surface area contributed by atoms with E-state index in [0.717, 1.165) is 25.0 Å².